The highest BCUT2D eigenvalue weighted by atomic mass is 32.2. The van der Waals surface area contributed by atoms with Crippen molar-refractivity contribution in [1.29, 1.82) is 0 Å². The van der Waals surface area contributed by atoms with Crippen molar-refractivity contribution in [3.63, 3.8) is 0 Å². The molecule has 0 bridgehead atoms. The molecule has 0 saturated carbocycles. The van der Waals surface area contributed by atoms with Gasteiger partial charge in [0.1, 0.15) is 11.8 Å². The van der Waals surface area contributed by atoms with Crippen LogP contribution in [-0.2, 0) is 33.3 Å². The summed E-state index contributed by atoms with van der Waals surface area (Å²) in [5.41, 5.74) is -2.23. The minimum absolute atomic E-state index is 0.0371. The number of amides is 3. The molecular formula is C32H23F6N3O6S2. The van der Waals surface area contributed by atoms with Crippen molar-refractivity contribution in [2.75, 3.05) is 16.8 Å². The lowest BCUT2D eigenvalue weighted by atomic mass is 9.83. The number of thiazole rings is 1. The standard InChI is InChI=1S/C32H23F6N3O6S2/c1-2-47-21-11-15(9-10-20(21)42)23-24-25(28(45)41(27(24)44)19-8-4-6-17(13-19)32(36,37)38)48-29-26(23)49-30(46)40(29)14-22(43)39-18-7-3-5-16(12-18)31(33,34)35/h3-13,23-25,42H,2,14H2,1H3,(H,39,43)/t23-,24?,25?/m0/s1. The summed E-state index contributed by atoms with van der Waals surface area (Å²) < 4.78 is 86.8. The Bertz CT molecular complexity index is 2040. The normalized spacial score (nSPS) is 19.1. The van der Waals surface area contributed by atoms with Crippen molar-refractivity contribution in [3.8, 4) is 11.5 Å². The average molecular weight is 724 g/mol. The molecule has 9 nitrogen and oxygen atoms in total. The third-order valence-corrected chi connectivity index (χ3v) is 10.5. The summed E-state index contributed by atoms with van der Waals surface area (Å²) in [5, 5.41) is 11.6. The lowest BCUT2D eigenvalue weighted by Crippen LogP contribution is -2.33. The Hall–Kier alpha value is -4.77. The van der Waals surface area contributed by atoms with E-state index in [2.05, 4.69) is 5.32 Å². The summed E-state index contributed by atoms with van der Waals surface area (Å²) in [6.07, 6.45) is -9.43. The third kappa shape index (κ3) is 6.39. The van der Waals surface area contributed by atoms with E-state index in [-0.39, 0.29) is 39.4 Å². The Kier molecular flexibility index (Phi) is 8.77. The Morgan fingerprint density at radius 3 is 2.27 bits per heavy atom. The fourth-order valence-electron chi connectivity index (χ4n) is 5.80. The first kappa shape index (κ1) is 34.1. The number of anilines is 2. The largest absolute Gasteiger partial charge is 0.504 e. The van der Waals surface area contributed by atoms with E-state index in [0.29, 0.717) is 27.9 Å². The second-order valence-electron chi connectivity index (χ2n) is 11.0. The van der Waals surface area contributed by atoms with Gasteiger partial charge in [-0.3, -0.25) is 23.7 Å². The second kappa shape index (κ2) is 12.6. The maximum absolute atomic E-state index is 14.1. The second-order valence-corrected chi connectivity index (χ2v) is 13.1. The van der Waals surface area contributed by atoms with Crippen molar-refractivity contribution in [1.82, 2.24) is 4.57 Å². The Morgan fingerprint density at radius 1 is 0.918 bits per heavy atom. The highest BCUT2D eigenvalue weighted by Crippen LogP contribution is 2.54. The molecule has 2 N–H and O–H groups in total. The summed E-state index contributed by atoms with van der Waals surface area (Å²) >= 11 is 1.47. The minimum atomic E-state index is -4.76. The van der Waals surface area contributed by atoms with Crippen LogP contribution >= 0.6 is 23.1 Å². The van der Waals surface area contributed by atoms with Crippen molar-refractivity contribution < 1.29 is 50.6 Å². The van der Waals surface area contributed by atoms with Gasteiger partial charge < -0.3 is 15.2 Å². The van der Waals surface area contributed by atoms with Crippen LogP contribution in [0.25, 0.3) is 0 Å². The molecule has 1 fully saturated rings. The number of carbonyl (C=O) groups is 3. The molecule has 2 aliphatic heterocycles. The fourth-order valence-corrected chi connectivity index (χ4v) is 8.58. The SMILES string of the molecule is CCOc1cc([C@@H]2c3sc(=O)n(CC(=O)Nc4cccc(C(F)(F)F)c4)c3SC3C(=O)N(c4cccc(C(F)(F)F)c4)C(=O)C32)ccc1O. The topological polar surface area (TPSA) is 118 Å². The van der Waals surface area contributed by atoms with Gasteiger partial charge in [0.2, 0.25) is 17.7 Å². The van der Waals surface area contributed by atoms with Gasteiger partial charge in [0.05, 0.1) is 34.4 Å². The summed E-state index contributed by atoms with van der Waals surface area (Å²) in [4.78, 5) is 54.7. The molecule has 0 aliphatic carbocycles. The Morgan fingerprint density at radius 2 is 1.59 bits per heavy atom. The number of aromatic hydroxyl groups is 1. The van der Waals surface area contributed by atoms with Gasteiger partial charge in [-0.15, -0.1) is 0 Å². The number of nitrogens with zero attached hydrogens (tertiary/aromatic N) is 2. The van der Waals surface area contributed by atoms with E-state index in [0.717, 1.165) is 46.7 Å². The van der Waals surface area contributed by atoms with E-state index in [1.54, 1.807) is 6.92 Å². The number of alkyl halides is 6. The molecule has 4 aromatic rings. The first-order chi connectivity index (χ1) is 23.1. The van der Waals surface area contributed by atoms with Crippen LogP contribution in [0.15, 0.2) is 76.6 Å². The molecule has 3 aromatic carbocycles. The fraction of sp³-hybridized carbons (Fsp3) is 0.250. The molecule has 49 heavy (non-hydrogen) atoms. The zero-order valence-corrected chi connectivity index (χ0v) is 26.6. The summed E-state index contributed by atoms with van der Waals surface area (Å²) in [6, 6.07) is 11.8. The van der Waals surface area contributed by atoms with Gasteiger partial charge in [-0.05, 0) is 61.0 Å². The molecule has 17 heteroatoms. The smallest absolute Gasteiger partial charge is 0.416 e. The Labute approximate surface area is 281 Å². The molecule has 1 saturated heterocycles. The number of phenolic OH excluding ortho intramolecular Hbond substituents is 1. The van der Waals surface area contributed by atoms with Crippen LogP contribution in [0.5, 0.6) is 11.5 Å². The number of thioether (sulfide) groups is 1. The van der Waals surface area contributed by atoms with Gasteiger partial charge in [-0.2, -0.15) is 26.3 Å². The number of carbonyl (C=O) groups excluding carboxylic acids is 3. The predicted molar refractivity (Wildman–Crippen MR) is 167 cm³/mol. The number of aromatic nitrogens is 1. The van der Waals surface area contributed by atoms with Crippen LogP contribution in [-0.4, -0.2) is 39.3 Å². The van der Waals surface area contributed by atoms with Crippen molar-refractivity contribution >= 4 is 52.2 Å². The van der Waals surface area contributed by atoms with Crippen LogP contribution in [0.4, 0.5) is 37.7 Å². The molecule has 1 aromatic heterocycles. The molecule has 3 atom stereocenters. The van der Waals surface area contributed by atoms with Gasteiger partial charge in [0, 0.05) is 16.5 Å². The number of benzene rings is 3. The van der Waals surface area contributed by atoms with E-state index in [1.807, 2.05) is 0 Å². The maximum atomic E-state index is 14.1. The molecule has 3 amide bonds. The lowest BCUT2D eigenvalue weighted by molar-refractivity contribution is -0.138. The molecule has 2 aliphatic rings. The van der Waals surface area contributed by atoms with Crippen LogP contribution < -0.4 is 19.8 Å². The summed E-state index contributed by atoms with van der Waals surface area (Å²) in [5.74, 6) is -4.98. The van der Waals surface area contributed by atoms with Gasteiger partial charge in [0.15, 0.2) is 11.5 Å². The number of ether oxygens (including phenoxy) is 1. The van der Waals surface area contributed by atoms with E-state index in [1.165, 1.54) is 30.3 Å². The molecule has 0 radical (unpaired) electrons. The number of rotatable bonds is 7. The quantitative estimate of drug-likeness (QED) is 0.166. The predicted octanol–water partition coefficient (Wildman–Crippen LogP) is 6.49. The maximum Gasteiger partial charge on any atom is 0.416 e. The number of nitrogens with one attached hydrogen (secondary N) is 1. The van der Waals surface area contributed by atoms with Crippen molar-refractivity contribution in [3.05, 3.63) is 98.0 Å². The van der Waals surface area contributed by atoms with Gasteiger partial charge in [-0.25, -0.2) is 4.90 Å². The first-order valence-corrected chi connectivity index (χ1v) is 16.2. The van der Waals surface area contributed by atoms with Gasteiger partial charge in [0.25, 0.3) is 0 Å². The monoisotopic (exact) mass is 723 g/mol. The van der Waals surface area contributed by atoms with E-state index in [4.69, 9.17) is 4.74 Å². The minimum Gasteiger partial charge on any atom is -0.504 e. The third-order valence-electron chi connectivity index (χ3n) is 7.90. The number of hydrogen-bond donors (Lipinski definition) is 2. The number of fused-ring (bicyclic) bond motifs is 2. The van der Waals surface area contributed by atoms with Crippen LogP contribution in [0, 0.1) is 5.92 Å². The highest BCUT2D eigenvalue weighted by molar-refractivity contribution is 8.00. The van der Waals surface area contributed by atoms with E-state index >= 15 is 0 Å². The van der Waals surface area contributed by atoms with E-state index in [9.17, 15) is 50.6 Å². The van der Waals surface area contributed by atoms with Crippen LogP contribution in [0.2, 0.25) is 0 Å². The number of imide groups is 1. The van der Waals surface area contributed by atoms with Gasteiger partial charge >= 0.3 is 17.2 Å². The zero-order chi connectivity index (χ0) is 35.4. The average Bonchev–Trinajstić information content (AvgIpc) is 3.47. The molecule has 256 valence electrons. The number of halogens is 6. The number of hydrogen-bond acceptors (Lipinski definition) is 8. The first-order valence-electron chi connectivity index (χ1n) is 14.5. The number of phenols is 1. The summed E-state index contributed by atoms with van der Waals surface area (Å²) in [7, 11) is 0. The van der Waals surface area contributed by atoms with Gasteiger partial charge in [-0.1, -0.05) is 41.3 Å². The van der Waals surface area contributed by atoms with E-state index < -0.39 is 69.7 Å². The molecule has 6 rings (SSSR count). The van der Waals surface area contributed by atoms with Crippen molar-refractivity contribution in [2.45, 2.75) is 42.0 Å². The highest BCUT2D eigenvalue weighted by Gasteiger charge is 2.57. The Balaban J connectivity index is 1.42. The van der Waals surface area contributed by atoms with Crippen LogP contribution in [0.1, 0.15) is 34.4 Å². The molecule has 3 heterocycles. The van der Waals surface area contributed by atoms with Crippen LogP contribution in [0.3, 0.4) is 0 Å². The molecule has 2 unspecified atom stereocenters. The van der Waals surface area contributed by atoms with Crippen molar-refractivity contribution in [2.24, 2.45) is 5.92 Å². The molecule has 0 spiro atoms. The zero-order valence-electron chi connectivity index (χ0n) is 25.0. The molecular weight excluding hydrogens is 700 g/mol. The lowest BCUT2D eigenvalue weighted by Gasteiger charge is -2.31. The summed E-state index contributed by atoms with van der Waals surface area (Å²) in [6.45, 7) is 1.15.